The molecular weight excluding hydrogens is 312 g/mol. The van der Waals surface area contributed by atoms with Gasteiger partial charge < -0.3 is 16.2 Å². The van der Waals surface area contributed by atoms with E-state index >= 15 is 0 Å². The van der Waals surface area contributed by atoms with Crippen molar-refractivity contribution in [2.45, 2.75) is 13.8 Å². The quantitative estimate of drug-likeness (QED) is 0.588. The highest BCUT2D eigenvalue weighted by atomic mass is 16.4. The van der Waals surface area contributed by atoms with Crippen molar-refractivity contribution in [2.24, 2.45) is 0 Å². The molecule has 3 aromatic carbocycles. The van der Waals surface area contributed by atoms with Crippen LogP contribution in [0.5, 0.6) is 0 Å². The first-order chi connectivity index (χ1) is 11.9. The van der Waals surface area contributed by atoms with Gasteiger partial charge in [-0.1, -0.05) is 41.5 Å². The van der Waals surface area contributed by atoms with Crippen LogP contribution in [0.25, 0.3) is 11.1 Å². The van der Waals surface area contributed by atoms with Crippen molar-refractivity contribution in [3.05, 3.63) is 77.4 Å². The smallest absolute Gasteiger partial charge is 0.335 e. The van der Waals surface area contributed by atoms with Gasteiger partial charge in [-0.2, -0.15) is 0 Å². The molecule has 0 aliphatic rings. The number of hydrogen-bond acceptors (Lipinski definition) is 3. The molecule has 4 nitrogen and oxygen atoms in total. The number of benzene rings is 3. The number of nitrogen functional groups attached to an aromatic ring is 1. The Bertz CT molecular complexity index is 928. The minimum Gasteiger partial charge on any atom is -0.478 e. The first kappa shape index (κ1) is 16.6. The summed E-state index contributed by atoms with van der Waals surface area (Å²) in [5, 5.41) is 12.4. The average molecular weight is 332 g/mol. The molecule has 0 unspecified atom stereocenters. The standard InChI is InChI=1S/C21H20N2O2/c1-13-8-14(2)10-17(9-13)15-4-3-5-18(11-15)23-20-12-16(21(24)25)6-7-19(20)22/h3-12,23H,22H2,1-2H3,(H,24,25). The molecule has 0 saturated carbocycles. The fourth-order valence-corrected chi connectivity index (χ4v) is 2.87. The molecule has 0 aliphatic carbocycles. The molecular formula is C21H20N2O2. The van der Waals surface area contributed by atoms with E-state index in [0.29, 0.717) is 11.4 Å². The zero-order valence-electron chi connectivity index (χ0n) is 14.2. The van der Waals surface area contributed by atoms with Gasteiger partial charge in [0.2, 0.25) is 0 Å². The van der Waals surface area contributed by atoms with Crippen LogP contribution in [0.1, 0.15) is 21.5 Å². The zero-order chi connectivity index (χ0) is 18.0. The Morgan fingerprint density at radius 1 is 0.920 bits per heavy atom. The Balaban J connectivity index is 1.95. The molecule has 0 amide bonds. The van der Waals surface area contributed by atoms with Crippen molar-refractivity contribution in [1.29, 1.82) is 0 Å². The summed E-state index contributed by atoms with van der Waals surface area (Å²) in [6.07, 6.45) is 0. The lowest BCUT2D eigenvalue weighted by Crippen LogP contribution is -2.01. The van der Waals surface area contributed by atoms with Gasteiger partial charge >= 0.3 is 5.97 Å². The summed E-state index contributed by atoms with van der Waals surface area (Å²) in [6, 6.07) is 19.0. The van der Waals surface area contributed by atoms with E-state index in [1.165, 1.54) is 17.2 Å². The Kier molecular flexibility index (Phi) is 4.44. The molecule has 126 valence electrons. The fourth-order valence-electron chi connectivity index (χ4n) is 2.87. The molecule has 0 atom stereocenters. The van der Waals surface area contributed by atoms with Gasteiger partial charge in [0.1, 0.15) is 0 Å². The number of carboxylic acids is 1. The van der Waals surface area contributed by atoms with Crippen LogP contribution in [-0.2, 0) is 0 Å². The summed E-state index contributed by atoms with van der Waals surface area (Å²) < 4.78 is 0. The number of rotatable bonds is 4. The SMILES string of the molecule is Cc1cc(C)cc(-c2cccc(Nc3cc(C(=O)O)ccc3N)c2)c1. The largest absolute Gasteiger partial charge is 0.478 e. The molecule has 0 spiro atoms. The van der Waals surface area contributed by atoms with Crippen molar-refractivity contribution in [2.75, 3.05) is 11.1 Å². The van der Waals surface area contributed by atoms with Gasteiger partial charge in [0.25, 0.3) is 0 Å². The normalized spacial score (nSPS) is 10.5. The van der Waals surface area contributed by atoms with Crippen LogP contribution in [-0.4, -0.2) is 11.1 Å². The van der Waals surface area contributed by atoms with Crippen LogP contribution in [0.3, 0.4) is 0 Å². The van der Waals surface area contributed by atoms with Gasteiger partial charge in [-0.3, -0.25) is 0 Å². The second-order valence-electron chi connectivity index (χ2n) is 6.19. The lowest BCUT2D eigenvalue weighted by Gasteiger charge is -2.12. The Hall–Kier alpha value is -3.27. The van der Waals surface area contributed by atoms with Crippen molar-refractivity contribution >= 4 is 23.0 Å². The molecule has 25 heavy (non-hydrogen) atoms. The number of carboxylic acid groups (broad SMARTS) is 1. The molecule has 4 heteroatoms. The highest BCUT2D eigenvalue weighted by molar-refractivity contribution is 5.91. The number of carbonyl (C=O) groups is 1. The summed E-state index contributed by atoms with van der Waals surface area (Å²) >= 11 is 0. The van der Waals surface area contributed by atoms with E-state index in [4.69, 9.17) is 10.8 Å². The molecule has 0 bridgehead atoms. The number of aromatic carboxylic acids is 1. The Morgan fingerprint density at radius 2 is 1.64 bits per heavy atom. The first-order valence-electron chi connectivity index (χ1n) is 8.01. The fraction of sp³-hybridized carbons (Fsp3) is 0.0952. The summed E-state index contributed by atoms with van der Waals surface area (Å²) in [6.45, 7) is 4.16. The molecule has 0 aromatic heterocycles. The molecule has 0 aliphatic heterocycles. The van der Waals surface area contributed by atoms with Crippen molar-refractivity contribution in [1.82, 2.24) is 0 Å². The van der Waals surface area contributed by atoms with Gasteiger partial charge in [0.05, 0.1) is 16.9 Å². The molecule has 3 rings (SSSR count). The highest BCUT2D eigenvalue weighted by Crippen LogP contribution is 2.29. The van der Waals surface area contributed by atoms with Crippen LogP contribution in [0.15, 0.2) is 60.7 Å². The molecule has 3 aromatic rings. The number of nitrogens with two attached hydrogens (primary N) is 1. The third kappa shape index (κ3) is 3.80. The third-order valence-corrected chi connectivity index (χ3v) is 4.00. The van der Waals surface area contributed by atoms with Crippen LogP contribution in [0.2, 0.25) is 0 Å². The summed E-state index contributed by atoms with van der Waals surface area (Å²) in [5.74, 6) is -0.980. The maximum atomic E-state index is 11.2. The van der Waals surface area contributed by atoms with Crippen molar-refractivity contribution in [3.8, 4) is 11.1 Å². The van der Waals surface area contributed by atoms with E-state index in [2.05, 4.69) is 43.4 Å². The summed E-state index contributed by atoms with van der Waals surface area (Å²) in [4.78, 5) is 11.2. The van der Waals surface area contributed by atoms with Gasteiger partial charge in [-0.25, -0.2) is 4.79 Å². The molecule has 0 saturated heterocycles. The Labute approximate surface area is 146 Å². The van der Waals surface area contributed by atoms with Crippen molar-refractivity contribution < 1.29 is 9.90 Å². The van der Waals surface area contributed by atoms with Crippen LogP contribution < -0.4 is 11.1 Å². The topological polar surface area (TPSA) is 75.3 Å². The lowest BCUT2D eigenvalue weighted by atomic mass is 10.0. The van der Waals surface area contributed by atoms with E-state index in [0.717, 1.165) is 16.8 Å². The van der Waals surface area contributed by atoms with E-state index in [1.54, 1.807) is 12.1 Å². The minimum atomic E-state index is -0.980. The molecule has 0 radical (unpaired) electrons. The monoisotopic (exact) mass is 332 g/mol. The number of aryl methyl sites for hydroxylation is 2. The first-order valence-corrected chi connectivity index (χ1v) is 8.01. The average Bonchev–Trinajstić information content (AvgIpc) is 2.56. The second kappa shape index (κ2) is 6.69. The number of nitrogens with one attached hydrogen (secondary N) is 1. The summed E-state index contributed by atoms with van der Waals surface area (Å²) in [7, 11) is 0. The van der Waals surface area contributed by atoms with Gasteiger partial charge in [-0.05, 0) is 55.3 Å². The lowest BCUT2D eigenvalue weighted by molar-refractivity contribution is 0.0697. The zero-order valence-corrected chi connectivity index (χ0v) is 14.2. The van der Waals surface area contributed by atoms with Crippen LogP contribution >= 0.6 is 0 Å². The van der Waals surface area contributed by atoms with Gasteiger partial charge in [0, 0.05) is 5.69 Å². The second-order valence-corrected chi connectivity index (χ2v) is 6.19. The number of anilines is 3. The predicted octanol–water partition coefficient (Wildman–Crippen LogP) is 4.99. The van der Waals surface area contributed by atoms with Crippen LogP contribution in [0, 0.1) is 13.8 Å². The van der Waals surface area contributed by atoms with Gasteiger partial charge in [-0.15, -0.1) is 0 Å². The van der Waals surface area contributed by atoms with E-state index in [-0.39, 0.29) is 5.56 Å². The maximum absolute atomic E-state index is 11.2. The minimum absolute atomic E-state index is 0.196. The molecule has 0 fully saturated rings. The Morgan fingerprint density at radius 3 is 2.32 bits per heavy atom. The number of hydrogen-bond donors (Lipinski definition) is 3. The highest BCUT2D eigenvalue weighted by Gasteiger charge is 2.08. The molecule has 0 heterocycles. The third-order valence-electron chi connectivity index (χ3n) is 4.00. The van der Waals surface area contributed by atoms with E-state index < -0.39 is 5.97 Å². The van der Waals surface area contributed by atoms with E-state index in [1.807, 2.05) is 18.2 Å². The maximum Gasteiger partial charge on any atom is 0.335 e. The predicted molar refractivity (Wildman–Crippen MR) is 102 cm³/mol. The van der Waals surface area contributed by atoms with Crippen molar-refractivity contribution in [3.63, 3.8) is 0 Å². The van der Waals surface area contributed by atoms with Gasteiger partial charge in [0.15, 0.2) is 0 Å². The van der Waals surface area contributed by atoms with E-state index in [9.17, 15) is 4.79 Å². The van der Waals surface area contributed by atoms with Crippen LogP contribution in [0.4, 0.5) is 17.1 Å². The summed E-state index contributed by atoms with van der Waals surface area (Å²) in [5.41, 5.74) is 12.8. The molecule has 4 N–H and O–H groups in total.